The van der Waals surface area contributed by atoms with Gasteiger partial charge in [-0.15, -0.1) is 0 Å². The number of hydrogen-bond acceptors (Lipinski definition) is 4. The molecule has 1 aliphatic carbocycles. The summed E-state index contributed by atoms with van der Waals surface area (Å²) in [5.41, 5.74) is -0.738. The van der Waals surface area contributed by atoms with Crippen molar-refractivity contribution in [1.82, 2.24) is 10.4 Å². The topological polar surface area (TPSA) is 61.8 Å². The molecule has 1 atom stereocenters. The number of allylic oxidation sites excluding steroid dienone is 1. The molecule has 5 nitrogen and oxygen atoms in total. The van der Waals surface area contributed by atoms with Crippen LogP contribution in [0.3, 0.4) is 0 Å². The van der Waals surface area contributed by atoms with Crippen LogP contribution in [-0.4, -0.2) is 34.7 Å². The second-order valence-corrected chi connectivity index (χ2v) is 5.30. The highest BCUT2D eigenvalue weighted by Crippen LogP contribution is 2.41. The summed E-state index contributed by atoms with van der Waals surface area (Å²) in [6.07, 6.45) is -1.19. The number of carbonyl (C=O) groups is 1. The molecule has 0 radical (unpaired) electrons. The van der Waals surface area contributed by atoms with Crippen LogP contribution in [0.1, 0.15) is 39.0 Å². The Balaban J connectivity index is 2.26. The highest BCUT2D eigenvalue weighted by molar-refractivity contribution is 5.69. The largest absolute Gasteiger partial charge is 0.448 e. The molecule has 2 N–H and O–H groups in total. The lowest BCUT2D eigenvalue weighted by Gasteiger charge is -2.33. The van der Waals surface area contributed by atoms with Gasteiger partial charge in [-0.05, 0) is 19.8 Å². The van der Waals surface area contributed by atoms with Crippen LogP contribution in [0.4, 0.5) is 18.0 Å². The number of nitrogens with one attached hydrogen (secondary N) is 1. The Labute approximate surface area is 120 Å². The third-order valence-electron chi connectivity index (χ3n) is 3.85. The average molecular weight is 308 g/mol. The van der Waals surface area contributed by atoms with Gasteiger partial charge in [0.25, 0.3) is 5.72 Å². The summed E-state index contributed by atoms with van der Waals surface area (Å²) in [5.74, 6) is -0.105. The second-order valence-electron chi connectivity index (χ2n) is 5.30. The summed E-state index contributed by atoms with van der Waals surface area (Å²) in [6, 6.07) is 0. The summed E-state index contributed by atoms with van der Waals surface area (Å²) >= 11 is 0. The van der Waals surface area contributed by atoms with E-state index in [2.05, 4.69) is 10.2 Å². The van der Waals surface area contributed by atoms with E-state index in [-0.39, 0.29) is 23.2 Å². The van der Waals surface area contributed by atoms with Crippen molar-refractivity contribution in [3.8, 4) is 0 Å². The number of hydrogen-bond donors (Lipinski definition) is 2. The molecule has 1 fully saturated rings. The molecular formula is C13H19F3N2O3. The summed E-state index contributed by atoms with van der Waals surface area (Å²) in [4.78, 5) is 11.7. The van der Waals surface area contributed by atoms with E-state index in [0.29, 0.717) is 6.08 Å². The summed E-state index contributed by atoms with van der Waals surface area (Å²) < 4.78 is 44.0. The van der Waals surface area contributed by atoms with Gasteiger partial charge in [-0.2, -0.15) is 18.2 Å². The molecule has 21 heavy (non-hydrogen) atoms. The fraction of sp³-hybridized carbons (Fsp3) is 0.769. The number of amides is 1. The maximum absolute atomic E-state index is 13.2. The molecule has 1 aliphatic heterocycles. The van der Waals surface area contributed by atoms with Crippen LogP contribution in [0, 0.1) is 5.92 Å². The van der Waals surface area contributed by atoms with E-state index in [1.165, 1.54) is 6.92 Å². The zero-order valence-corrected chi connectivity index (χ0v) is 11.7. The fourth-order valence-electron chi connectivity index (χ4n) is 2.73. The molecule has 0 aromatic heterocycles. The minimum absolute atomic E-state index is 0.0797. The Morgan fingerprint density at radius 1 is 1.48 bits per heavy atom. The van der Waals surface area contributed by atoms with Crippen LogP contribution in [0.15, 0.2) is 11.8 Å². The van der Waals surface area contributed by atoms with Crippen molar-refractivity contribution in [2.75, 3.05) is 6.61 Å². The van der Waals surface area contributed by atoms with Crippen LogP contribution < -0.4 is 5.43 Å². The zero-order chi connectivity index (χ0) is 15.7. The van der Waals surface area contributed by atoms with Gasteiger partial charge in [0.2, 0.25) is 0 Å². The van der Waals surface area contributed by atoms with Crippen molar-refractivity contribution >= 4 is 6.09 Å². The van der Waals surface area contributed by atoms with E-state index >= 15 is 0 Å². The Bertz CT molecular complexity index is 433. The number of carbonyl (C=O) groups excluding carboxylic acids is 1. The third-order valence-corrected chi connectivity index (χ3v) is 3.85. The van der Waals surface area contributed by atoms with Gasteiger partial charge in [-0.25, -0.2) is 4.79 Å². The molecule has 1 unspecified atom stereocenters. The highest BCUT2D eigenvalue weighted by atomic mass is 19.4. The number of nitrogens with zero attached hydrogens (tertiary/aromatic N) is 1. The minimum Gasteiger partial charge on any atom is -0.448 e. The van der Waals surface area contributed by atoms with Crippen LogP contribution in [0.25, 0.3) is 0 Å². The third kappa shape index (κ3) is 2.95. The predicted molar refractivity (Wildman–Crippen MR) is 67.7 cm³/mol. The number of halogens is 3. The molecular weight excluding hydrogens is 289 g/mol. The average Bonchev–Trinajstić information content (AvgIpc) is 2.79. The van der Waals surface area contributed by atoms with Gasteiger partial charge in [0.1, 0.15) is 0 Å². The van der Waals surface area contributed by atoms with Gasteiger partial charge >= 0.3 is 12.3 Å². The first-order chi connectivity index (χ1) is 9.79. The first kappa shape index (κ1) is 15.9. The molecule has 1 saturated carbocycles. The number of ether oxygens (including phenoxy) is 1. The Morgan fingerprint density at radius 3 is 2.62 bits per heavy atom. The first-order valence-corrected chi connectivity index (χ1v) is 7.05. The van der Waals surface area contributed by atoms with Crippen molar-refractivity contribution in [3.63, 3.8) is 0 Å². The van der Waals surface area contributed by atoms with Gasteiger partial charge in [-0.1, -0.05) is 19.3 Å². The summed E-state index contributed by atoms with van der Waals surface area (Å²) in [6.45, 7) is 1.40. The second kappa shape index (κ2) is 5.75. The molecule has 2 rings (SSSR count). The highest BCUT2D eigenvalue weighted by Gasteiger charge is 2.62. The Kier molecular flexibility index (Phi) is 4.36. The lowest BCUT2D eigenvalue weighted by atomic mass is 9.86. The SMILES string of the molecule is CCOC(=O)N1NC(C2CCCCC2)=CC1(O)C(F)(F)F. The van der Waals surface area contributed by atoms with Gasteiger partial charge < -0.3 is 9.84 Å². The molecule has 0 saturated heterocycles. The van der Waals surface area contributed by atoms with E-state index in [9.17, 15) is 23.1 Å². The predicted octanol–water partition coefficient (Wildman–Crippen LogP) is 2.68. The van der Waals surface area contributed by atoms with E-state index in [1.807, 2.05) is 0 Å². The van der Waals surface area contributed by atoms with Gasteiger partial charge in [-0.3, -0.25) is 5.43 Å². The maximum atomic E-state index is 13.2. The monoisotopic (exact) mass is 308 g/mol. The summed E-state index contributed by atoms with van der Waals surface area (Å²) in [7, 11) is 0. The van der Waals surface area contributed by atoms with E-state index in [0.717, 1.165) is 32.1 Å². The smallest absolute Gasteiger partial charge is 0.442 e. The number of rotatable bonds is 2. The quantitative estimate of drug-likeness (QED) is 0.823. The molecule has 8 heteroatoms. The molecule has 0 bridgehead atoms. The van der Waals surface area contributed by atoms with Crippen molar-refractivity contribution in [2.45, 2.75) is 50.9 Å². The Hall–Kier alpha value is -1.44. The molecule has 2 aliphatic rings. The number of aliphatic hydroxyl groups is 1. The van der Waals surface area contributed by atoms with Crippen molar-refractivity contribution in [2.24, 2.45) is 5.92 Å². The van der Waals surface area contributed by atoms with Crippen LogP contribution in [0.2, 0.25) is 0 Å². The number of alkyl halides is 3. The molecule has 0 spiro atoms. The molecule has 1 amide bonds. The summed E-state index contributed by atoms with van der Waals surface area (Å²) in [5, 5.41) is 10.1. The lowest BCUT2D eigenvalue weighted by molar-refractivity contribution is -0.285. The van der Waals surface area contributed by atoms with Crippen molar-refractivity contribution < 1.29 is 27.8 Å². The van der Waals surface area contributed by atoms with E-state index < -0.39 is 18.0 Å². The van der Waals surface area contributed by atoms with Gasteiger partial charge in [0.05, 0.1) is 6.61 Å². The maximum Gasteiger partial charge on any atom is 0.442 e. The lowest BCUT2D eigenvalue weighted by Crippen LogP contribution is -2.60. The van der Waals surface area contributed by atoms with Gasteiger partial charge in [0, 0.05) is 17.7 Å². The fourth-order valence-corrected chi connectivity index (χ4v) is 2.73. The zero-order valence-electron chi connectivity index (χ0n) is 11.7. The van der Waals surface area contributed by atoms with E-state index in [4.69, 9.17) is 0 Å². The van der Waals surface area contributed by atoms with Crippen LogP contribution in [0.5, 0.6) is 0 Å². The Morgan fingerprint density at radius 2 is 2.10 bits per heavy atom. The minimum atomic E-state index is -5.01. The van der Waals surface area contributed by atoms with Crippen molar-refractivity contribution in [1.29, 1.82) is 0 Å². The first-order valence-electron chi connectivity index (χ1n) is 7.05. The van der Waals surface area contributed by atoms with Crippen LogP contribution >= 0.6 is 0 Å². The van der Waals surface area contributed by atoms with Crippen LogP contribution in [-0.2, 0) is 4.74 Å². The van der Waals surface area contributed by atoms with E-state index in [1.54, 1.807) is 0 Å². The van der Waals surface area contributed by atoms with Gasteiger partial charge in [0.15, 0.2) is 0 Å². The molecule has 0 aromatic rings. The normalized spacial score (nSPS) is 27.3. The molecule has 0 aromatic carbocycles. The molecule has 120 valence electrons. The number of hydrazine groups is 1. The van der Waals surface area contributed by atoms with Crippen molar-refractivity contribution in [3.05, 3.63) is 11.8 Å². The molecule has 1 heterocycles. The standard InChI is InChI=1S/C13H19F3N2O3/c1-2-21-11(19)18-12(20,13(14,15)16)8-10(17-18)9-6-4-3-5-7-9/h8-9,17,20H,2-7H2,1H3.